The first-order chi connectivity index (χ1) is 18.5. The van der Waals surface area contributed by atoms with Gasteiger partial charge in [-0.1, -0.05) is 36.4 Å². The number of carboxylic acid groups (broad SMARTS) is 1. The number of hydrogen-bond donors (Lipinski definition) is 2. The monoisotopic (exact) mass is 508 g/mol. The Morgan fingerprint density at radius 1 is 1.13 bits per heavy atom. The first-order valence-electron chi connectivity index (χ1n) is 12.6. The molecule has 0 saturated carbocycles. The summed E-state index contributed by atoms with van der Waals surface area (Å²) in [5.41, 5.74) is 11.6. The number of carboxylic acids is 1. The molecule has 0 spiro atoms. The molecule has 1 saturated heterocycles. The second-order valence-electron chi connectivity index (χ2n) is 9.65. The number of nitrogens with two attached hydrogens (primary N) is 1. The molecule has 38 heavy (non-hydrogen) atoms. The van der Waals surface area contributed by atoms with Crippen LogP contribution in [0, 0.1) is 6.92 Å². The van der Waals surface area contributed by atoms with Crippen LogP contribution in [0.4, 0.5) is 5.82 Å². The van der Waals surface area contributed by atoms with Crippen LogP contribution in [0.2, 0.25) is 0 Å². The summed E-state index contributed by atoms with van der Waals surface area (Å²) >= 11 is 0. The minimum absolute atomic E-state index is 0.0974. The minimum Gasteiger partial charge on any atom is -0.487 e. The molecule has 0 aliphatic carbocycles. The van der Waals surface area contributed by atoms with Crippen LogP contribution >= 0.6 is 0 Å². The Labute approximate surface area is 219 Å². The lowest BCUT2D eigenvalue weighted by molar-refractivity contribution is -0.136. The third-order valence-corrected chi connectivity index (χ3v) is 7.24. The highest BCUT2D eigenvalue weighted by molar-refractivity contribution is 6.02. The molecular weight excluding hydrogens is 480 g/mol. The molecule has 3 heterocycles. The number of pyridine rings is 1. The zero-order valence-corrected chi connectivity index (χ0v) is 21.1. The maximum Gasteiger partial charge on any atom is 0.307 e. The van der Waals surface area contributed by atoms with E-state index in [1.807, 2.05) is 48.0 Å². The van der Waals surface area contributed by atoms with Gasteiger partial charge in [-0.2, -0.15) is 5.10 Å². The Kier molecular flexibility index (Phi) is 6.17. The molecule has 6 rings (SSSR count). The number of aryl methyl sites for hydroxylation is 1. The van der Waals surface area contributed by atoms with Gasteiger partial charge in [0.25, 0.3) is 0 Å². The summed E-state index contributed by atoms with van der Waals surface area (Å²) in [6.07, 6.45) is 2.53. The van der Waals surface area contributed by atoms with Gasteiger partial charge >= 0.3 is 5.97 Å². The highest BCUT2D eigenvalue weighted by atomic mass is 16.5. The van der Waals surface area contributed by atoms with Crippen LogP contribution in [0.25, 0.3) is 32.8 Å². The lowest BCUT2D eigenvalue weighted by Crippen LogP contribution is -2.11. The predicted molar refractivity (Wildman–Crippen MR) is 146 cm³/mol. The Morgan fingerprint density at radius 2 is 2.00 bits per heavy atom. The zero-order chi connectivity index (χ0) is 26.2. The van der Waals surface area contributed by atoms with Gasteiger partial charge in [0, 0.05) is 29.1 Å². The summed E-state index contributed by atoms with van der Waals surface area (Å²) in [4.78, 5) is 15.7. The number of anilines is 1. The number of ether oxygens (including phenoxy) is 2. The van der Waals surface area contributed by atoms with E-state index in [1.54, 1.807) is 6.20 Å². The van der Waals surface area contributed by atoms with Crippen LogP contribution in [0.15, 0.2) is 66.9 Å². The molecule has 8 heteroatoms. The maximum atomic E-state index is 11.5. The van der Waals surface area contributed by atoms with Crippen LogP contribution in [-0.2, 0) is 22.6 Å². The molecule has 0 bridgehead atoms. The van der Waals surface area contributed by atoms with Gasteiger partial charge in [0.05, 0.1) is 24.6 Å². The summed E-state index contributed by atoms with van der Waals surface area (Å²) in [6.45, 7) is 3.44. The Morgan fingerprint density at radius 3 is 2.82 bits per heavy atom. The lowest BCUT2D eigenvalue weighted by Gasteiger charge is -2.12. The molecule has 0 radical (unpaired) electrons. The van der Waals surface area contributed by atoms with Crippen LogP contribution < -0.4 is 10.5 Å². The van der Waals surface area contributed by atoms with Crippen LogP contribution in [-0.4, -0.2) is 39.1 Å². The van der Waals surface area contributed by atoms with Crippen molar-refractivity contribution in [1.82, 2.24) is 14.8 Å². The fraction of sp³-hybridized carbons (Fsp3) is 0.233. The summed E-state index contributed by atoms with van der Waals surface area (Å²) in [5.74, 6) is 0.173. The van der Waals surface area contributed by atoms with Crippen LogP contribution in [0.3, 0.4) is 0 Å². The topological polar surface area (TPSA) is 112 Å². The molecule has 5 aromatic rings. The Balaban J connectivity index is 1.44. The zero-order valence-electron chi connectivity index (χ0n) is 21.1. The van der Waals surface area contributed by atoms with E-state index in [1.165, 1.54) is 0 Å². The number of nitrogen functional groups attached to an aromatic ring is 1. The van der Waals surface area contributed by atoms with Gasteiger partial charge in [-0.15, -0.1) is 0 Å². The second-order valence-corrected chi connectivity index (χ2v) is 9.65. The quantitative estimate of drug-likeness (QED) is 0.306. The number of rotatable bonds is 7. The van der Waals surface area contributed by atoms with Crippen molar-refractivity contribution in [2.45, 2.75) is 32.4 Å². The van der Waals surface area contributed by atoms with Crippen molar-refractivity contribution in [3.05, 3.63) is 83.7 Å². The highest BCUT2D eigenvalue weighted by Gasteiger charge is 2.23. The van der Waals surface area contributed by atoms with Gasteiger partial charge in [-0.25, -0.2) is 4.98 Å². The van der Waals surface area contributed by atoms with Gasteiger partial charge in [-0.3, -0.25) is 9.48 Å². The molecule has 1 aliphatic rings. The number of aliphatic carboxylic acids is 1. The average molecular weight is 509 g/mol. The highest BCUT2D eigenvalue weighted by Crippen LogP contribution is 2.35. The van der Waals surface area contributed by atoms with Gasteiger partial charge < -0.3 is 20.3 Å². The van der Waals surface area contributed by atoms with Crippen molar-refractivity contribution in [2.24, 2.45) is 0 Å². The largest absolute Gasteiger partial charge is 0.487 e. The van der Waals surface area contributed by atoms with Gasteiger partial charge in [0.2, 0.25) is 0 Å². The summed E-state index contributed by atoms with van der Waals surface area (Å²) in [7, 11) is 0. The van der Waals surface area contributed by atoms with E-state index in [9.17, 15) is 9.90 Å². The number of fused-ring (bicyclic) bond motifs is 2. The summed E-state index contributed by atoms with van der Waals surface area (Å²) < 4.78 is 13.9. The van der Waals surface area contributed by atoms with Crippen LogP contribution in [0.5, 0.6) is 5.75 Å². The van der Waals surface area contributed by atoms with E-state index in [4.69, 9.17) is 20.3 Å². The number of hydrogen-bond acceptors (Lipinski definition) is 6. The molecule has 3 N–H and O–H groups in total. The molecule has 3 aromatic carbocycles. The van der Waals surface area contributed by atoms with E-state index in [0.29, 0.717) is 30.3 Å². The smallest absolute Gasteiger partial charge is 0.307 e. The van der Waals surface area contributed by atoms with E-state index < -0.39 is 5.97 Å². The first kappa shape index (κ1) is 23.9. The molecule has 1 atom stereocenters. The van der Waals surface area contributed by atoms with Crippen molar-refractivity contribution in [3.8, 4) is 16.9 Å². The fourth-order valence-corrected chi connectivity index (χ4v) is 5.29. The molecular formula is C30H28N4O4. The number of carbonyl (C=O) groups is 1. The van der Waals surface area contributed by atoms with E-state index in [2.05, 4.69) is 29.2 Å². The molecule has 1 fully saturated rings. The number of benzene rings is 3. The van der Waals surface area contributed by atoms with Gasteiger partial charge in [0.1, 0.15) is 23.9 Å². The maximum absolute atomic E-state index is 11.5. The normalized spacial score (nSPS) is 15.3. The predicted octanol–water partition coefficient (Wildman–Crippen LogP) is 5.31. The summed E-state index contributed by atoms with van der Waals surface area (Å²) in [5, 5.41) is 17.3. The molecule has 192 valence electrons. The molecule has 0 amide bonds. The third kappa shape index (κ3) is 4.33. The standard InChI is InChI=1S/C30H28N4O4/c1-18-4-2-7-28(24(18)15-29(35)36)38-17-26-25-14-19(8-9-27(25)34(33-26)20-11-13-37-16-20)21-5-3-6-23-22(21)10-12-32-30(23)31/h2-10,12,14,20H,11,13,15-17H2,1H3,(H2,31,32)(H,35,36). The molecule has 1 aliphatic heterocycles. The minimum atomic E-state index is -0.893. The number of aromatic nitrogens is 3. The second kappa shape index (κ2) is 9.79. The fourth-order valence-electron chi connectivity index (χ4n) is 5.29. The van der Waals surface area contributed by atoms with Crippen molar-refractivity contribution < 1.29 is 19.4 Å². The Bertz CT molecular complexity index is 1670. The van der Waals surface area contributed by atoms with Crippen molar-refractivity contribution in [2.75, 3.05) is 18.9 Å². The molecule has 1 unspecified atom stereocenters. The van der Waals surface area contributed by atoms with Crippen molar-refractivity contribution in [1.29, 1.82) is 0 Å². The molecule has 2 aromatic heterocycles. The van der Waals surface area contributed by atoms with E-state index in [-0.39, 0.29) is 19.1 Å². The Hall–Kier alpha value is -4.43. The average Bonchev–Trinajstić information content (AvgIpc) is 3.57. The van der Waals surface area contributed by atoms with Crippen molar-refractivity contribution >= 4 is 33.5 Å². The summed E-state index contributed by atoms with van der Waals surface area (Å²) in [6, 6.07) is 20.1. The molecule has 8 nitrogen and oxygen atoms in total. The van der Waals surface area contributed by atoms with Gasteiger partial charge in [-0.05, 0) is 59.7 Å². The van der Waals surface area contributed by atoms with Crippen molar-refractivity contribution in [3.63, 3.8) is 0 Å². The number of nitrogens with zero attached hydrogens (tertiary/aromatic N) is 3. The SMILES string of the molecule is Cc1cccc(OCc2nn(C3CCOC3)c3ccc(-c4cccc5c(N)nccc45)cc23)c1CC(=O)O. The third-order valence-electron chi connectivity index (χ3n) is 7.24. The van der Waals surface area contributed by atoms with E-state index in [0.717, 1.165) is 50.5 Å². The van der Waals surface area contributed by atoms with Gasteiger partial charge in [0.15, 0.2) is 0 Å². The first-order valence-corrected chi connectivity index (χ1v) is 12.6. The van der Waals surface area contributed by atoms with Crippen LogP contribution in [0.1, 0.15) is 29.3 Å². The van der Waals surface area contributed by atoms with E-state index >= 15 is 0 Å². The lowest BCUT2D eigenvalue weighted by atomic mass is 9.97.